The van der Waals surface area contributed by atoms with Crippen LogP contribution in [0, 0.1) is 17.8 Å². The Kier molecular flexibility index (Phi) is 6.60. The summed E-state index contributed by atoms with van der Waals surface area (Å²) in [5.41, 5.74) is 0. The number of hydrogen-bond donors (Lipinski definition) is 1. The van der Waals surface area contributed by atoms with Crippen LogP contribution in [0.5, 0.6) is 0 Å². The van der Waals surface area contributed by atoms with E-state index in [2.05, 4.69) is 20.8 Å². The topological polar surface area (TPSA) is 78.0 Å². The van der Waals surface area contributed by atoms with Crippen molar-refractivity contribution in [2.45, 2.75) is 46.1 Å². The molecular formula is C12H24O4. The predicted octanol–water partition coefficient (Wildman–Crippen LogP) is 1.16. The van der Waals surface area contributed by atoms with Crippen molar-refractivity contribution in [3.63, 3.8) is 0 Å². The van der Waals surface area contributed by atoms with Gasteiger partial charge in [-0.15, -0.1) is 0 Å². The van der Waals surface area contributed by atoms with Gasteiger partial charge in [0.15, 0.2) is 0 Å². The molecule has 96 valence electrons. The van der Waals surface area contributed by atoms with Gasteiger partial charge in [-0.25, -0.2) is 4.79 Å². The first-order valence-corrected chi connectivity index (χ1v) is 5.85. The van der Waals surface area contributed by atoms with Crippen LogP contribution in [-0.2, 0) is 9.53 Å². The summed E-state index contributed by atoms with van der Waals surface area (Å²) in [4.78, 5) is 11.1. The molecule has 0 radical (unpaired) electrons. The Labute approximate surface area is 97.3 Å². The molecule has 1 aliphatic carbocycles. The van der Waals surface area contributed by atoms with Crippen molar-refractivity contribution in [3.05, 3.63) is 0 Å². The number of ether oxygens (including phenoxy) is 1. The molecule has 0 heterocycles. The third-order valence-corrected chi connectivity index (χ3v) is 3.37. The maximum atomic E-state index is 11.1. The van der Waals surface area contributed by atoms with Crippen molar-refractivity contribution >= 4 is 5.97 Å². The fraction of sp³-hybridized carbons (Fsp3) is 0.917. The molecule has 0 aliphatic heterocycles. The Morgan fingerprint density at radius 2 is 2.06 bits per heavy atom. The summed E-state index contributed by atoms with van der Waals surface area (Å²) in [5, 5.41) is 8.68. The van der Waals surface area contributed by atoms with Crippen LogP contribution >= 0.6 is 0 Å². The third kappa shape index (κ3) is 4.10. The molecule has 1 aliphatic rings. The molecule has 3 N–H and O–H groups in total. The molecule has 0 aromatic heterocycles. The van der Waals surface area contributed by atoms with E-state index in [1.807, 2.05) is 0 Å². The lowest BCUT2D eigenvalue weighted by Gasteiger charge is -2.36. The summed E-state index contributed by atoms with van der Waals surface area (Å²) in [6.07, 6.45) is 3.29. The molecule has 16 heavy (non-hydrogen) atoms. The van der Waals surface area contributed by atoms with Crippen molar-refractivity contribution in [2.75, 3.05) is 6.61 Å². The normalized spacial score (nSPS) is 29.7. The van der Waals surface area contributed by atoms with Gasteiger partial charge in [0.05, 0.1) is 0 Å². The Morgan fingerprint density at radius 1 is 1.44 bits per heavy atom. The number of carbonyl (C=O) groups is 1. The van der Waals surface area contributed by atoms with Crippen LogP contribution in [0.25, 0.3) is 0 Å². The number of esters is 1. The lowest BCUT2D eigenvalue weighted by molar-refractivity contribution is -0.159. The number of rotatable bonds is 3. The highest BCUT2D eigenvalue weighted by Crippen LogP contribution is 2.35. The molecule has 0 spiro atoms. The smallest absolute Gasteiger partial charge is 0.332 e. The molecule has 0 unspecified atom stereocenters. The van der Waals surface area contributed by atoms with Gasteiger partial charge in [-0.1, -0.05) is 27.2 Å². The molecule has 0 amide bonds. The Bertz CT molecular complexity index is 215. The van der Waals surface area contributed by atoms with Gasteiger partial charge in [0, 0.05) is 0 Å². The van der Waals surface area contributed by atoms with E-state index >= 15 is 0 Å². The van der Waals surface area contributed by atoms with Crippen LogP contribution < -0.4 is 0 Å². The van der Waals surface area contributed by atoms with Crippen LogP contribution in [0.2, 0.25) is 0 Å². The highest BCUT2D eigenvalue weighted by molar-refractivity contribution is 5.70. The second kappa shape index (κ2) is 6.86. The number of aliphatic hydroxyl groups is 1. The lowest BCUT2D eigenvalue weighted by atomic mass is 9.75. The minimum atomic E-state index is -0.504. The van der Waals surface area contributed by atoms with Crippen LogP contribution in [0.3, 0.4) is 0 Å². The average molecular weight is 232 g/mol. The zero-order chi connectivity index (χ0) is 11.4. The van der Waals surface area contributed by atoms with E-state index in [1.54, 1.807) is 0 Å². The molecule has 4 nitrogen and oxygen atoms in total. The number of carbonyl (C=O) groups excluding carboxylic acids is 1. The monoisotopic (exact) mass is 232 g/mol. The van der Waals surface area contributed by atoms with Crippen molar-refractivity contribution in [2.24, 2.45) is 17.8 Å². The molecule has 0 saturated heterocycles. The van der Waals surface area contributed by atoms with Crippen molar-refractivity contribution < 1.29 is 20.1 Å². The van der Waals surface area contributed by atoms with Gasteiger partial charge in [-0.05, 0) is 30.6 Å². The van der Waals surface area contributed by atoms with Gasteiger partial charge in [0.2, 0.25) is 0 Å². The van der Waals surface area contributed by atoms with Gasteiger partial charge in [-0.2, -0.15) is 0 Å². The zero-order valence-electron chi connectivity index (χ0n) is 10.4. The van der Waals surface area contributed by atoms with E-state index in [0.29, 0.717) is 17.8 Å². The summed E-state index contributed by atoms with van der Waals surface area (Å²) in [5.74, 6) is 1.13. The average Bonchev–Trinajstić information content (AvgIpc) is 2.17. The molecule has 4 heteroatoms. The number of aliphatic hydroxyl groups excluding tert-OH is 1. The first-order chi connectivity index (χ1) is 7.04. The summed E-state index contributed by atoms with van der Waals surface area (Å²) in [7, 11) is 0. The Balaban J connectivity index is 0.00000225. The summed E-state index contributed by atoms with van der Waals surface area (Å²) < 4.78 is 5.30. The van der Waals surface area contributed by atoms with Crippen LogP contribution in [0.15, 0.2) is 0 Å². The van der Waals surface area contributed by atoms with Gasteiger partial charge in [0.25, 0.3) is 0 Å². The zero-order valence-corrected chi connectivity index (χ0v) is 10.4. The van der Waals surface area contributed by atoms with E-state index in [1.165, 1.54) is 6.42 Å². The first-order valence-electron chi connectivity index (χ1n) is 5.85. The van der Waals surface area contributed by atoms with Crippen molar-refractivity contribution in [1.29, 1.82) is 0 Å². The summed E-state index contributed by atoms with van der Waals surface area (Å²) in [6.45, 7) is 6.02. The quantitative estimate of drug-likeness (QED) is 0.741. The summed E-state index contributed by atoms with van der Waals surface area (Å²) in [6, 6.07) is 0. The molecule has 3 atom stereocenters. The minimum Gasteiger partial charge on any atom is -0.460 e. The van der Waals surface area contributed by atoms with Crippen LogP contribution in [-0.4, -0.2) is 29.3 Å². The standard InChI is InChI=1S/C12H22O3.H2O/c1-8(2)10-5-4-9(3)6-11(10)15-12(14)7-13;/h8-11,13H,4-7H2,1-3H3;1H2/t9-,10+,11-;/m1./s1. The highest BCUT2D eigenvalue weighted by atomic mass is 16.6. The van der Waals surface area contributed by atoms with Gasteiger partial charge >= 0.3 is 5.97 Å². The van der Waals surface area contributed by atoms with Gasteiger partial charge < -0.3 is 15.3 Å². The molecule has 0 aromatic carbocycles. The van der Waals surface area contributed by atoms with E-state index in [-0.39, 0.29) is 11.6 Å². The molecular weight excluding hydrogens is 208 g/mol. The lowest BCUT2D eigenvalue weighted by Crippen LogP contribution is -2.36. The van der Waals surface area contributed by atoms with Gasteiger partial charge in [0.1, 0.15) is 12.7 Å². The largest absolute Gasteiger partial charge is 0.460 e. The molecule has 0 bridgehead atoms. The van der Waals surface area contributed by atoms with E-state index in [4.69, 9.17) is 9.84 Å². The van der Waals surface area contributed by atoms with Crippen LogP contribution in [0.1, 0.15) is 40.0 Å². The van der Waals surface area contributed by atoms with E-state index in [9.17, 15) is 4.79 Å². The molecule has 1 rings (SSSR count). The van der Waals surface area contributed by atoms with E-state index in [0.717, 1.165) is 12.8 Å². The fourth-order valence-corrected chi connectivity index (χ4v) is 2.46. The minimum absolute atomic E-state index is 0. The second-order valence-electron chi connectivity index (χ2n) is 5.01. The Hall–Kier alpha value is -0.610. The highest BCUT2D eigenvalue weighted by Gasteiger charge is 2.33. The number of hydrogen-bond acceptors (Lipinski definition) is 3. The maximum Gasteiger partial charge on any atom is 0.332 e. The maximum absolute atomic E-state index is 11.1. The van der Waals surface area contributed by atoms with Crippen molar-refractivity contribution in [1.82, 2.24) is 0 Å². The van der Waals surface area contributed by atoms with Gasteiger partial charge in [-0.3, -0.25) is 0 Å². The summed E-state index contributed by atoms with van der Waals surface area (Å²) >= 11 is 0. The molecule has 1 saturated carbocycles. The van der Waals surface area contributed by atoms with Crippen molar-refractivity contribution in [3.8, 4) is 0 Å². The second-order valence-corrected chi connectivity index (χ2v) is 5.01. The molecule has 1 fully saturated rings. The van der Waals surface area contributed by atoms with E-state index < -0.39 is 12.6 Å². The third-order valence-electron chi connectivity index (χ3n) is 3.37. The Morgan fingerprint density at radius 3 is 2.56 bits per heavy atom. The fourth-order valence-electron chi connectivity index (χ4n) is 2.46. The SMILES string of the molecule is CC(C)[C@@H]1CC[C@@H](C)C[C@H]1OC(=O)CO.O. The predicted molar refractivity (Wildman–Crippen MR) is 61.9 cm³/mol. The molecule has 0 aromatic rings. The first kappa shape index (κ1) is 15.4. The van der Waals surface area contributed by atoms with Crippen LogP contribution in [0.4, 0.5) is 0 Å².